The Kier molecular flexibility index (Phi) is 29.4. The summed E-state index contributed by atoms with van der Waals surface area (Å²) in [6.45, 7) is 17.6. The fourth-order valence-corrected chi connectivity index (χ4v) is 7.91. The Hall–Kier alpha value is -7.76. The van der Waals surface area contributed by atoms with Crippen LogP contribution in [0.1, 0.15) is 127 Å². The summed E-state index contributed by atoms with van der Waals surface area (Å²) in [6.07, 6.45) is -7.40. The van der Waals surface area contributed by atoms with E-state index in [0.717, 1.165) is 6.92 Å². The Balaban J connectivity index is 2.91. The quantitative estimate of drug-likeness (QED) is 0.0573. The van der Waals surface area contributed by atoms with E-state index in [1.807, 2.05) is 0 Å². The van der Waals surface area contributed by atoms with Gasteiger partial charge in [-0.2, -0.15) is 0 Å². The molecule has 84 heavy (non-hydrogen) atoms. The first-order valence-electron chi connectivity index (χ1n) is 27.7. The number of amides is 11. The van der Waals surface area contributed by atoms with Crippen LogP contribution in [0.15, 0.2) is 30.3 Å². The standard InChI is InChI=1S/C54H87BN12O17/c1-29(2)26-36-45(75)62-33(19-23-57-49(79)82-52(4,5)6)42(72)60-34(20-24-58-50(80)83-53(7,8)9)44(74)67-40(30(3)68)48(78)56-22-18-32(63-47(77)38(28-39(69)70)66-51(81)84-54(10,11)12)41(71)61-35(21-25-59-55)43(73)65-37(46(76)64-36)27-31-16-14-13-15-17-31/h13-17,29-30,32-38,40,59,68H,18-28H2,1-12H3,(H,56,78)(H,57,79)(H,58,80)(H,60,72)(H,61,71)(H,62,75)(H,63,77)(H,64,76)(H,65,73)(H,66,81)(H,67,74)(H,69,70)/t30-,32+,33+,34+,35+,36+,37-,38+,40+/m1/s1. The molecule has 2 rings (SSSR count). The van der Waals surface area contributed by atoms with Crippen LogP contribution >= 0.6 is 0 Å². The van der Waals surface area contributed by atoms with Gasteiger partial charge >= 0.3 is 24.2 Å². The monoisotopic (exact) mass is 1190 g/mol. The van der Waals surface area contributed by atoms with Gasteiger partial charge in [0.1, 0.15) is 65.1 Å². The third-order valence-corrected chi connectivity index (χ3v) is 11.7. The number of aliphatic hydroxyl groups excluding tert-OH is 1. The number of carbonyl (C=O) groups is 12. The Morgan fingerprint density at radius 1 is 0.595 bits per heavy atom. The van der Waals surface area contributed by atoms with Gasteiger partial charge in [-0.05, 0) is 119 Å². The van der Waals surface area contributed by atoms with E-state index in [1.54, 1.807) is 85.7 Å². The van der Waals surface area contributed by atoms with Gasteiger partial charge in [-0.25, -0.2) is 14.4 Å². The van der Waals surface area contributed by atoms with Crippen molar-refractivity contribution in [2.75, 3.05) is 26.2 Å². The molecule has 0 unspecified atom stereocenters. The van der Waals surface area contributed by atoms with Gasteiger partial charge in [0.2, 0.25) is 47.3 Å². The maximum Gasteiger partial charge on any atom is 0.408 e. The van der Waals surface area contributed by atoms with Crippen molar-refractivity contribution in [2.24, 2.45) is 5.92 Å². The lowest BCUT2D eigenvalue weighted by Crippen LogP contribution is -2.61. The molecule has 1 fully saturated rings. The molecular formula is C54H87BN12O17. The minimum absolute atomic E-state index is 0.0488. The minimum Gasteiger partial charge on any atom is -0.481 e. The number of carbonyl (C=O) groups excluding carboxylic acids is 11. The van der Waals surface area contributed by atoms with Crippen molar-refractivity contribution in [1.29, 1.82) is 0 Å². The maximum absolute atomic E-state index is 14.6. The van der Waals surface area contributed by atoms with Crippen LogP contribution in [0.2, 0.25) is 0 Å². The topological polar surface area (TPSA) is 417 Å². The largest absolute Gasteiger partial charge is 0.481 e. The minimum atomic E-state index is -1.86. The molecule has 0 bridgehead atoms. The van der Waals surface area contributed by atoms with Crippen molar-refractivity contribution in [3.8, 4) is 0 Å². The molecule has 1 saturated heterocycles. The van der Waals surface area contributed by atoms with Crippen LogP contribution in [-0.4, -0.2) is 187 Å². The van der Waals surface area contributed by atoms with Crippen LogP contribution < -0.4 is 63.7 Å². The molecule has 0 aliphatic carbocycles. The van der Waals surface area contributed by atoms with Crippen LogP contribution in [-0.2, 0) is 63.8 Å². The van der Waals surface area contributed by atoms with Crippen LogP contribution in [0.4, 0.5) is 14.4 Å². The second-order valence-electron chi connectivity index (χ2n) is 23.5. The molecule has 1 heterocycles. The zero-order chi connectivity index (χ0) is 63.7. The number of carboxylic acid groups (broad SMARTS) is 1. The van der Waals surface area contributed by atoms with Gasteiger partial charge in [0.15, 0.2) is 7.98 Å². The highest BCUT2D eigenvalue weighted by atomic mass is 16.6. The summed E-state index contributed by atoms with van der Waals surface area (Å²) in [5.74, 6) is -10.2. The van der Waals surface area contributed by atoms with Crippen LogP contribution in [0.25, 0.3) is 0 Å². The highest BCUT2D eigenvalue weighted by molar-refractivity contribution is 6.04. The molecule has 0 saturated carbocycles. The first-order valence-corrected chi connectivity index (χ1v) is 27.7. The predicted molar refractivity (Wildman–Crippen MR) is 304 cm³/mol. The molecule has 468 valence electrons. The van der Waals surface area contributed by atoms with E-state index < -0.39 is 169 Å². The summed E-state index contributed by atoms with van der Waals surface area (Å²) in [5.41, 5.74) is -2.41. The van der Waals surface area contributed by atoms with E-state index in [4.69, 9.17) is 22.2 Å². The molecule has 30 heteroatoms. The van der Waals surface area contributed by atoms with E-state index in [9.17, 15) is 67.7 Å². The molecule has 14 N–H and O–H groups in total. The van der Waals surface area contributed by atoms with Crippen molar-refractivity contribution in [3.63, 3.8) is 0 Å². The average molecular weight is 1190 g/mol. The second kappa shape index (κ2) is 34.1. The van der Waals surface area contributed by atoms with Gasteiger partial charge in [-0.3, -0.25) is 43.2 Å². The van der Waals surface area contributed by atoms with Crippen molar-refractivity contribution in [2.45, 2.75) is 199 Å². The molecule has 0 spiro atoms. The third kappa shape index (κ3) is 29.0. The highest BCUT2D eigenvalue weighted by Crippen LogP contribution is 2.13. The summed E-state index contributed by atoms with van der Waals surface area (Å²) >= 11 is 0. The molecule has 9 atom stereocenters. The lowest BCUT2D eigenvalue weighted by atomic mass is 10.00. The van der Waals surface area contributed by atoms with E-state index in [0.29, 0.717) is 5.56 Å². The second-order valence-corrected chi connectivity index (χ2v) is 23.5. The molecule has 11 amide bonds. The lowest BCUT2D eigenvalue weighted by Gasteiger charge is -2.29. The molecular weight excluding hydrogens is 1100 g/mol. The number of aliphatic hydroxyl groups is 1. The predicted octanol–water partition coefficient (Wildman–Crippen LogP) is -1.17. The summed E-state index contributed by atoms with van der Waals surface area (Å²) in [6, 6.07) is -4.75. The fraction of sp³-hybridized carbons (Fsp3) is 0.667. The number of hydrogen-bond acceptors (Lipinski definition) is 17. The normalized spacial score (nSPS) is 21.9. The smallest absolute Gasteiger partial charge is 0.408 e. The third-order valence-electron chi connectivity index (χ3n) is 11.7. The molecule has 1 aliphatic rings. The van der Waals surface area contributed by atoms with Crippen LogP contribution in [0, 0.1) is 5.92 Å². The summed E-state index contributed by atoms with van der Waals surface area (Å²) < 4.78 is 15.9. The van der Waals surface area contributed by atoms with E-state index in [2.05, 4.69) is 63.7 Å². The Bertz CT molecular complexity index is 2430. The first kappa shape index (κ1) is 72.3. The van der Waals surface area contributed by atoms with Crippen molar-refractivity contribution in [3.05, 3.63) is 35.9 Å². The zero-order valence-electron chi connectivity index (χ0n) is 50.0. The number of hydrogen-bond donors (Lipinski definition) is 14. The molecule has 2 radical (unpaired) electrons. The Labute approximate surface area is 491 Å². The number of nitrogens with one attached hydrogen (secondary N) is 12. The maximum atomic E-state index is 14.6. The van der Waals surface area contributed by atoms with E-state index in [-0.39, 0.29) is 51.2 Å². The van der Waals surface area contributed by atoms with Crippen molar-refractivity contribution >= 4 is 79.5 Å². The van der Waals surface area contributed by atoms with E-state index >= 15 is 0 Å². The van der Waals surface area contributed by atoms with Crippen molar-refractivity contribution < 1.29 is 82.0 Å². The van der Waals surface area contributed by atoms with Gasteiger partial charge in [0, 0.05) is 26.1 Å². The number of alkyl carbamates (subject to hydrolysis) is 3. The van der Waals surface area contributed by atoms with Gasteiger partial charge in [-0.1, -0.05) is 44.2 Å². The summed E-state index contributed by atoms with van der Waals surface area (Å²) in [7, 11) is 5.61. The summed E-state index contributed by atoms with van der Waals surface area (Å²) in [5, 5.41) is 50.4. The van der Waals surface area contributed by atoms with Gasteiger partial charge in [-0.15, -0.1) is 0 Å². The lowest BCUT2D eigenvalue weighted by molar-refractivity contribution is -0.140. The molecule has 1 aliphatic heterocycles. The first-order chi connectivity index (χ1) is 39.0. The Morgan fingerprint density at radius 3 is 1.49 bits per heavy atom. The van der Waals surface area contributed by atoms with Crippen LogP contribution in [0.3, 0.4) is 0 Å². The van der Waals surface area contributed by atoms with E-state index in [1.165, 1.54) is 20.8 Å². The van der Waals surface area contributed by atoms with Gasteiger partial charge in [0.25, 0.3) is 0 Å². The molecule has 29 nitrogen and oxygen atoms in total. The van der Waals surface area contributed by atoms with Crippen molar-refractivity contribution in [1.82, 2.24) is 63.7 Å². The average Bonchev–Trinajstić information content (AvgIpc) is 3.58. The van der Waals surface area contributed by atoms with Gasteiger partial charge < -0.3 is 88.1 Å². The van der Waals surface area contributed by atoms with Crippen LogP contribution in [0.5, 0.6) is 0 Å². The zero-order valence-corrected chi connectivity index (χ0v) is 50.0. The number of ether oxygens (including phenoxy) is 3. The molecule has 0 aromatic heterocycles. The fourth-order valence-electron chi connectivity index (χ4n) is 7.91. The SMILES string of the molecule is [B]NCC[C@@H]1NC(=O)[C@@H](NC(=O)[C@H](CC(=O)O)NC(=O)OC(C)(C)C)CCNC(=O)[C@H]([C@@H](C)O)NC(=O)[C@H](CCNC(=O)OC(C)(C)C)NC(=O)[C@H](CCNC(=O)OC(C)(C)C)NC(=O)[C@H](CC(C)C)NC(=O)[C@@H](Cc2ccccc2)NC1=O. The Morgan fingerprint density at radius 2 is 1.02 bits per heavy atom. The molecule has 1 aromatic rings. The summed E-state index contributed by atoms with van der Waals surface area (Å²) in [4.78, 5) is 165. The number of rotatable bonds is 19. The molecule has 1 aromatic carbocycles. The number of benzene rings is 1. The number of aliphatic carboxylic acids is 1. The highest BCUT2D eigenvalue weighted by Gasteiger charge is 2.37. The number of carboxylic acids is 1. The van der Waals surface area contributed by atoms with Gasteiger partial charge in [0.05, 0.1) is 12.5 Å².